The van der Waals surface area contributed by atoms with Crippen molar-refractivity contribution >= 4 is 27.9 Å². The first-order valence-electron chi connectivity index (χ1n) is 4.56. The van der Waals surface area contributed by atoms with Crippen molar-refractivity contribution in [3.8, 4) is 5.82 Å². The maximum absolute atomic E-state index is 10.9. The summed E-state index contributed by atoms with van der Waals surface area (Å²) in [6, 6.07) is 4.37. The van der Waals surface area contributed by atoms with Crippen molar-refractivity contribution in [3.05, 3.63) is 50.9 Å². The van der Waals surface area contributed by atoms with Crippen LogP contribution in [0.4, 0.5) is 5.69 Å². The highest BCUT2D eigenvalue weighted by Gasteiger charge is 2.18. The van der Waals surface area contributed by atoms with Gasteiger partial charge in [-0.3, -0.25) is 19.5 Å². The molecule has 0 bridgehead atoms. The molecule has 0 aromatic carbocycles. The van der Waals surface area contributed by atoms with Crippen LogP contribution in [0.15, 0.2) is 35.1 Å². The number of nitrogens with zero attached hydrogens (tertiary/aromatic N) is 3. The number of hydrogen-bond acceptors (Lipinski definition) is 4. The number of hydrogen-bond donors (Lipinski definition) is 0. The van der Waals surface area contributed by atoms with E-state index in [-0.39, 0.29) is 11.5 Å². The molecule has 2 heterocycles. The molecule has 0 aliphatic rings. The van der Waals surface area contributed by atoms with Crippen LogP contribution in [0.3, 0.4) is 0 Å². The molecule has 7 heteroatoms. The van der Waals surface area contributed by atoms with Crippen LogP contribution in [0.2, 0.25) is 0 Å². The van der Waals surface area contributed by atoms with Crippen LogP contribution in [0.1, 0.15) is 10.5 Å². The Bertz CT molecular complexity index is 594. The molecule has 0 amide bonds. The molecule has 2 aromatic rings. The van der Waals surface area contributed by atoms with E-state index < -0.39 is 4.92 Å². The fourth-order valence-electron chi connectivity index (χ4n) is 1.44. The van der Waals surface area contributed by atoms with Gasteiger partial charge in [-0.1, -0.05) is 0 Å². The van der Waals surface area contributed by atoms with Crippen molar-refractivity contribution in [3.63, 3.8) is 0 Å². The number of pyridine rings is 1. The molecule has 17 heavy (non-hydrogen) atoms. The second kappa shape index (κ2) is 4.46. The number of carbonyl (C=O) groups is 1. The van der Waals surface area contributed by atoms with Crippen LogP contribution in [-0.4, -0.2) is 20.8 Å². The molecule has 0 N–H and O–H groups in total. The summed E-state index contributed by atoms with van der Waals surface area (Å²) in [4.78, 5) is 25.1. The third-order valence-electron chi connectivity index (χ3n) is 2.13. The maximum Gasteiger partial charge on any atom is 0.312 e. The zero-order valence-corrected chi connectivity index (χ0v) is 9.99. The van der Waals surface area contributed by atoms with Gasteiger partial charge in [0.1, 0.15) is 0 Å². The van der Waals surface area contributed by atoms with Crippen LogP contribution in [-0.2, 0) is 0 Å². The second-order valence-electron chi connectivity index (χ2n) is 3.17. The van der Waals surface area contributed by atoms with Crippen LogP contribution in [0, 0.1) is 10.1 Å². The molecule has 0 saturated carbocycles. The monoisotopic (exact) mass is 295 g/mol. The van der Waals surface area contributed by atoms with Gasteiger partial charge in [-0.25, -0.2) is 4.98 Å². The highest BCUT2D eigenvalue weighted by atomic mass is 79.9. The van der Waals surface area contributed by atoms with Crippen molar-refractivity contribution in [1.29, 1.82) is 0 Å². The molecule has 2 rings (SSSR count). The Morgan fingerprint density at radius 1 is 1.53 bits per heavy atom. The van der Waals surface area contributed by atoms with Gasteiger partial charge in [0.25, 0.3) is 0 Å². The van der Waals surface area contributed by atoms with Crippen molar-refractivity contribution < 1.29 is 9.72 Å². The van der Waals surface area contributed by atoms with Gasteiger partial charge in [-0.05, 0) is 28.1 Å². The first kappa shape index (κ1) is 11.5. The van der Waals surface area contributed by atoms with E-state index >= 15 is 0 Å². The van der Waals surface area contributed by atoms with Gasteiger partial charge >= 0.3 is 5.69 Å². The topological polar surface area (TPSA) is 78.0 Å². The predicted octanol–water partition coefficient (Wildman–Crippen LogP) is 2.36. The summed E-state index contributed by atoms with van der Waals surface area (Å²) in [5, 5.41) is 10.9. The number of aromatic nitrogens is 2. The van der Waals surface area contributed by atoms with Crippen molar-refractivity contribution in [2.45, 2.75) is 0 Å². The van der Waals surface area contributed by atoms with E-state index in [4.69, 9.17) is 0 Å². The Labute approximate surface area is 104 Å². The van der Waals surface area contributed by atoms with Gasteiger partial charge in [0.2, 0.25) is 5.82 Å². The zero-order chi connectivity index (χ0) is 12.4. The number of nitro groups is 1. The minimum absolute atomic E-state index is 0.116. The standard InChI is InChI=1S/C10H6BrN3O3/c11-7-4-8(6-15)13(5-7)10-9(14(16)17)2-1-3-12-10/h1-6H. The summed E-state index contributed by atoms with van der Waals surface area (Å²) in [6.45, 7) is 0. The lowest BCUT2D eigenvalue weighted by atomic mass is 10.4. The SMILES string of the molecule is O=Cc1cc(Br)cn1-c1ncccc1[N+](=O)[O-]. The number of rotatable bonds is 3. The minimum Gasteiger partial charge on any atom is -0.296 e. The molecule has 0 atom stereocenters. The predicted molar refractivity (Wildman–Crippen MR) is 63.3 cm³/mol. The summed E-state index contributed by atoms with van der Waals surface area (Å²) < 4.78 is 2.02. The van der Waals surface area contributed by atoms with Crippen LogP contribution in [0.25, 0.3) is 5.82 Å². The molecular weight excluding hydrogens is 290 g/mol. The summed E-state index contributed by atoms with van der Waals surface area (Å²) in [5.41, 5.74) is 0.136. The Balaban J connectivity index is 2.67. The van der Waals surface area contributed by atoms with Gasteiger partial charge < -0.3 is 0 Å². The zero-order valence-electron chi connectivity index (χ0n) is 8.41. The molecule has 0 aliphatic carbocycles. The van der Waals surface area contributed by atoms with Crippen molar-refractivity contribution in [2.24, 2.45) is 0 Å². The molecule has 0 unspecified atom stereocenters. The van der Waals surface area contributed by atoms with Gasteiger partial charge in [0, 0.05) is 22.9 Å². The first-order chi connectivity index (χ1) is 8.13. The Morgan fingerprint density at radius 3 is 2.94 bits per heavy atom. The average molecular weight is 296 g/mol. The summed E-state index contributed by atoms with van der Waals surface area (Å²) in [6.07, 6.45) is 3.60. The fourth-order valence-corrected chi connectivity index (χ4v) is 1.88. The molecule has 0 aliphatic heterocycles. The van der Waals surface area contributed by atoms with Gasteiger partial charge in [-0.2, -0.15) is 0 Å². The van der Waals surface area contributed by atoms with Gasteiger partial charge in [0.05, 0.1) is 10.6 Å². The smallest absolute Gasteiger partial charge is 0.296 e. The van der Waals surface area contributed by atoms with E-state index in [1.165, 1.54) is 22.9 Å². The minimum atomic E-state index is -0.537. The Hall–Kier alpha value is -2.02. The molecule has 6 nitrogen and oxygen atoms in total. The fraction of sp³-hybridized carbons (Fsp3) is 0. The second-order valence-corrected chi connectivity index (χ2v) is 4.09. The number of aldehydes is 1. The molecule has 86 valence electrons. The van der Waals surface area contributed by atoms with E-state index in [2.05, 4.69) is 20.9 Å². The number of carbonyl (C=O) groups excluding carboxylic acids is 1. The summed E-state index contributed by atoms with van der Waals surface area (Å²) in [5.74, 6) is 0.116. The molecule has 0 spiro atoms. The van der Waals surface area contributed by atoms with Gasteiger partial charge in [0.15, 0.2) is 6.29 Å². The van der Waals surface area contributed by atoms with E-state index in [9.17, 15) is 14.9 Å². The Morgan fingerprint density at radius 2 is 2.29 bits per heavy atom. The first-order valence-corrected chi connectivity index (χ1v) is 5.35. The van der Waals surface area contributed by atoms with E-state index in [0.29, 0.717) is 16.5 Å². The molecule has 2 aromatic heterocycles. The van der Waals surface area contributed by atoms with E-state index in [1.54, 1.807) is 12.3 Å². The summed E-state index contributed by atoms with van der Waals surface area (Å²) >= 11 is 3.21. The lowest BCUT2D eigenvalue weighted by Gasteiger charge is -2.04. The van der Waals surface area contributed by atoms with Crippen LogP contribution >= 0.6 is 15.9 Å². The maximum atomic E-state index is 10.9. The van der Waals surface area contributed by atoms with Crippen molar-refractivity contribution in [2.75, 3.05) is 0 Å². The van der Waals surface area contributed by atoms with Crippen molar-refractivity contribution in [1.82, 2.24) is 9.55 Å². The highest BCUT2D eigenvalue weighted by molar-refractivity contribution is 9.10. The quantitative estimate of drug-likeness (QED) is 0.495. The van der Waals surface area contributed by atoms with Gasteiger partial charge in [-0.15, -0.1) is 0 Å². The van der Waals surface area contributed by atoms with E-state index in [0.717, 1.165) is 0 Å². The Kier molecular flexibility index (Phi) is 3.01. The summed E-state index contributed by atoms with van der Waals surface area (Å²) in [7, 11) is 0. The van der Waals surface area contributed by atoms with E-state index in [1.807, 2.05) is 0 Å². The van der Waals surface area contributed by atoms with Crippen LogP contribution in [0.5, 0.6) is 0 Å². The molecule has 0 fully saturated rings. The highest BCUT2D eigenvalue weighted by Crippen LogP contribution is 2.24. The molecule has 0 radical (unpaired) electrons. The number of halogens is 1. The average Bonchev–Trinajstić information content (AvgIpc) is 2.70. The molecule has 0 saturated heterocycles. The normalized spacial score (nSPS) is 10.2. The lowest BCUT2D eigenvalue weighted by molar-refractivity contribution is -0.384. The van der Waals surface area contributed by atoms with Crippen LogP contribution < -0.4 is 0 Å². The third kappa shape index (κ3) is 2.09. The largest absolute Gasteiger partial charge is 0.312 e. The molecular formula is C10H6BrN3O3. The third-order valence-corrected chi connectivity index (χ3v) is 2.56. The lowest BCUT2D eigenvalue weighted by Crippen LogP contribution is -2.04.